The molecule has 94 valence electrons. The first-order valence-electron chi connectivity index (χ1n) is 6.03. The molecular formula is C12H14N4O2. The van der Waals surface area contributed by atoms with Crippen LogP contribution in [0.4, 0.5) is 5.69 Å². The molecule has 6 nitrogen and oxygen atoms in total. The number of nitro benzene ring substituents is 1. The van der Waals surface area contributed by atoms with E-state index in [4.69, 9.17) is 0 Å². The van der Waals surface area contributed by atoms with E-state index in [0.717, 1.165) is 25.1 Å². The van der Waals surface area contributed by atoms with Gasteiger partial charge in [-0.3, -0.25) is 10.1 Å². The Kier molecular flexibility index (Phi) is 2.71. The van der Waals surface area contributed by atoms with Crippen LogP contribution in [0.5, 0.6) is 0 Å². The van der Waals surface area contributed by atoms with Crippen molar-refractivity contribution in [2.45, 2.75) is 12.5 Å². The quantitative estimate of drug-likeness (QED) is 0.607. The third kappa shape index (κ3) is 1.84. The summed E-state index contributed by atoms with van der Waals surface area (Å²) in [5.74, 6) is 0.306. The van der Waals surface area contributed by atoms with Crippen molar-refractivity contribution in [2.24, 2.45) is 11.0 Å². The molecule has 3 rings (SSSR count). The van der Waals surface area contributed by atoms with Gasteiger partial charge in [-0.2, -0.15) is 5.10 Å². The Morgan fingerprint density at radius 3 is 3.17 bits per heavy atom. The SMILES string of the molecule is O=[N+]([O-])c1cccc(C2NN=C3CCNCC32)c1. The number of hydrogen-bond donors (Lipinski definition) is 2. The first-order chi connectivity index (χ1) is 8.75. The fourth-order valence-corrected chi connectivity index (χ4v) is 2.61. The monoisotopic (exact) mass is 246 g/mol. The van der Waals surface area contributed by atoms with Gasteiger partial charge in [0.15, 0.2) is 0 Å². The maximum absolute atomic E-state index is 10.8. The normalized spacial score (nSPS) is 26.1. The number of fused-ring (bicyclic) bond motifs is 1. The maximum atomic E-state index is 10.8. The van der Waals surface area contributed by atoms with Crippen LogP contribution in [0, 0.1) is 16.0 Å². The van der Waals surface area contributed by atoms with Crippen LogP contribution in [0.25, 0.3) is 0 Å². The molecule has 2 N–H and O–H groups in total. The van der Waals surface area contributed by atoms with Gasteiger partial charge in [0.25, 0.3) is 5.69 Å². The van der Waals surface area contributed by atoms with Crippen molar-refractivity contribution in [1.82, 2.24) is 10.7 Å². The summed E-state index contributed by atoms with van der Waals surface area (Å²) in [6, 6.07) is 6.83. The molecular weight excluding hydrogens is 232 g/mol. The largest absolute Gasteiger partial charge is 0.316 e. The Bertz CT molecular complexity index is 515. The van der Waals surface area contributed by atoms with Gasteiger partial charge in [0.2, 0.25) is 0 Å². The maximum Gasteiger partial charge on any atom is 0.269 e. The van der Waals surface area contributed by atoms with Gasteiger partial charge in [-0.15, -0.1) is 0 Å². The van der Waals surface area contributed by atoms with Gasteiger partial charge in [-0.25, -0.2) is 0 Å². The number of piperidine rings is 1. The van der Waals surface area contributed by atoms with Crippen LogP contribution in [0.1, 0.15) is 18.0 Å². The molecule has 0 saturated carbocycles. The zero-order chi connectivity index (χ0) is 12.5. The molecule has 0 radical (unpaired) electrons. The van der Waals surface area contributed by atoms with Gasteiger partial charge in [0.05, 0.1) is 11.0 Å². The molecule has 2 aliphatic rings. The third-order valence-corrected chi connectivity index (χ3v) is 3.54. The summed E-state index contributed by atoms with van der Waals surface area (Å²) in [6.07, 6.45) is 0.948. The van der Waals surface area contributed by atoms with E-state index in [0.29, 0.717) is 5.92 Å². The van der Waals surface area contributed by atoms with Gasteiger partial charge in [0, 0.05) is 43.3 Å². The predicted octanol–water partition coefficient (Wildman–Crippen LogP) is 1.20. The van der Waals surface area contributed by atoms with Crippen molar-refractivity contribution < 1.29 is 4.92 Å². The molecule has 0 amide bonds. The van der Waals surface area contributed by atoms with Gasteiger partial charge in [0.1, 0.15) is 0 Å². The van der Waals surface area contributed by atoms with Crippen LogP contribution in [-0.2, 0) is 0 Å². The van der Waals surface area contributed by atoms with Crippen molar-refractivity contribution in [3.05, 3.63) is 39.9 Å². The summed E-state index contributed by atoms with van der Waals surface area (Å²) < 4.78 is 0. The van der Waals surface area contributed by atoms with Crippen LogP contribution in [0.2, 0.25) is 0 Å². The lowest BCUT2D eigenvalue weighted by Crippen LogP contribution is -2.38. The minimum absolute atomic E-state index is 0.0488. The van der Waals surface area contributed by atoms with Crippen LogP contribution in [-0.4, -0.2) is 23.7 Å². The molecule has 0 aromatic heterocycles. The predicted molar refractivity (Wildman–Crippen MR) is 67.4 cm³/mol. The van der Waals surface area contributed by atoms with Crippen LogP contribution >= 0.6 is 0 Å². The number of benzene rings is 1. The highest BCUT2D eigenvalue weighted by Gasteiger charge is 2.34. The third-order valence-electron chi connectivity index (χ3n) is 3.54. The Labute approximate surface area is 104 Å². The Morgan fingerprint density at radius 2 is 2.33 bits per heavy atom. The second kappa shape index (κ2) is 4.38. The average molecular weight is 246 g/mol. The first-order valence-corrected chi connectivity index (χ1v) is 6.03. The van der Waals surface area contributed by atoms with Gasteiger partial charge < -0.3 is 10.7 Å². The van der Waals surface area contributed by atoms with Gasteiger partial charge in [-0.05, 0) is 5.56 Å². The minimum Gasteiger partial charge on any atom is -0.316 e. The molecule has 2 aliphatic heterocycles. The molecule has 1 saturated heterocycles. The lowest BCUT2D eigenvalue weighted by molar-refractivity contribution is -0.384. The molecule has 1 aromatic rings. The van der Waals surface area contributed by atoms with E-state index in [1.807, 2.05) is 6.07 Å². The standard InChI is InChI=1S/C12H14N4O2/c17-16(18)9-3-1-2-8(6-9)12-10-7-13-5-4-11(10)14-15-12/h1-3,6,10,12-13,15H,4-5,7H2. The summed E-state index contributed by atoms with van der Waals surface area (Å²) in [4.78, 5) is 10.4. The van der Waals surface area contributed by atoms with Crippen molar-refractivity contribution in [1.29, 1.82) is 0 Å². The molecule has 18 heavy (non-hydrogen) atoms. The highest BCUT2D eigenvalue weighted by Crippen LogP contribution is 2.31. The van der Waals surface area contributed by atoms with Crippen molar-refractivity contribution in [3.63, 3.8) is 0 Å². The van der Waals surface area contributed by atoms with E-state index in [1.165, 1.54) is 11.8 Å². The first kappa shape index (κ1) is 11.2. The molecule has 0 bridgehead atoms. The lowest BCUT2D eigenvalue weighted by atomic mass is 9.87. The van der Waals surface area contributed by atoms with Crippen LogP contribution in [0.3, 0.4) is 0 Å². The number of rotatable bonds is 2. The van der Waals surface area contributed by atoms with Crippen molar-refractivity contribution in [3.8, 4) is 0 Å². The zero-order valence-corrected chi connectivity index (χ0v) is 9.80. The van der Waals surface area contributed by atoms with E-state index >= 15 is 0 Å². The summed E-state index contributed by atoms with van der Waals surface area (Å²) in [5, 5.41) is 18.5. The Hall–Kier alpha value is -1.95. The number of hydrazone groups is 1. The number of nitro groups is 1. The van der Waals surface area contributed by atoms with E-state index in [2.05, 4.69) is 15.8 Å². The summed E-state index contributed by atoms with van der Waals surface area (Å²) in [6.45, 7) is 1.83. The lowest BCUT2D eigenvalue weighted by Gasteiger charge is -2.25. The number of nitrogens with zero attached hydrogens (tertiary/aromatic N) is 2. The Morgan fingerprint density at radius 1 is 1.44 bits per heavy atom. The summed E-state index contributed by atoms with van der Waals surface area (Å²) in [7, 11) is 0. The van der Waals surface area contributed by atoms with Crippen molar-refractivity contribution >= 4 is 11.4 Å². The smallest absolute Gasteiger partial charge is 0.269 e. The Balaban J connectivity index is 1.87. The molecule has 2 atom stereocenters. The van der Waals surface area contributed by atoms with E-state index in [1.54, 1.807) is 12.1 Å². The molecule has 0 aliphatic carbocycles. The molecule has 2 unspecified atom stereocenters. The van der Waals surface area contributed by atoms with Crippen LogP contribution < -0.4 is 10.7 Å². The zero-order valence-electron chi connectivity index (χ0n) is 9.80. The highest BCUT2D eigenvalue weighted by molar-refractivity contribution is 5.89. The number of nitrogens with one attached hydrogen (secondary N) is 2. The fraction of sp³-hybridized carbons (Fsp3) is 0.417. The van der Waals surface area contributed by atoms with E-state index in [-0.39, 0.29) is 16.7 Å². The second-order valence-electron chi connectivity index (χ2n) is 4.62. The summed E-state index contributed by atoms with van der Waals surface area (Å²) >= 11 is 0. The number of hydrogen-bond acceptors (Lipinski definition) is 5. The van der Waals surface area contributed by atoms with E-state index in [9.17, 15) is 10.1 Å². The number of non-ortho nitro benzene ring substituents is 1. The van der Waals surface area contributed by atoms with Gasteiger partial charge in [-0.1, -0.05) is 12.1 Å². The highest BCUT2D eigenvalue weighted by atomic mass is 16.6. The topological polar surface area (TPSA) is 79.6 Å². The molecule has 6 heteroatoms. The minimum atomic E-state index is -0.362. The summed E-state index contributed by atoms with van der Waals surface area (Å²) in [5.41, 5.74) is 5.34. The molecule has 1 fully saturated rings. The van der Waals surface area contributed by atoms with Crippen LogP contribution in [0.15, 0.2) is 29.4 Å². The van der Waals surface area contributed by atoms with E-state index < -0.39 is 0 Å². The molecule has 0 spiro atoms. The average Bonchev–Trinajstić information content (AvgIpc) is 2.82. The van der Waals surface area contributed by atoms with Gasteiger partial charge >= 0.3 is 0 Å². The van der Waals surface area contributed by atoms with Crippen molar-refractivity contribution in [2.75, 3.05) is 13.1 Å². The second-order valence-corrected chi connectivity index (χ2v) is 4.62. The molecule has 1 aromatic carbocycles. The molecule has 2 heterocycles. The fourth-order valence-electron chi connectivity index (χ4n) is 2.61.